The lowest BCUT2D eigenvalue weighted by atomic mass is 10.1. The molecule has 0 unspecified atom stereocenters. The topological polar surface area (TPSA) is 145 Å². The summed E-state index contributed by atoms with van der Waals surface area (Å²) in [4.78, 5) is 34.8. The van der Waals surface area contributed by atoms with Gasteiger partial charge in [0.25, 0.3) is 5.91 Å². The maximum atomic E-state index is 12.8. The standard InChI is InChI=1S/C24H21N7O3/c25-31-30-21-14-18(23(32)29-20-10-13-27-22-19(20)9-12-26-22)7-6-17(21)8-11-28-24(33)34-15-16-4-2-1-3-5-16/h1-7,9-10,12-14H,8,11,15H2,(H,28,33)(H2,26,27,29,32). The fraction of sp³-hybridized carbons (Fsp3) is 0.125. The van der Waals surface area contributed by atoms with Crippen LogP contribution in [0.15, 0.2) is 78.2 Å². The van der Waals surface area contributed by atoms with Crippen LogP contribution in [0.4, 0.5) is 16.2 Å². The fourth-order valence-corrected chi connectivity index (χ4v) is 3.40. The largest absolute Gasteiger partial charge is 0.445 e. The van der Waals surface area contributed by atoms with E-state index < -0.39 is 6.09 Å². The molecule has 2 aromatic carbocycles. The molecule has 170 valence electrons. The smallest absolute Gasteiger partial charge is 0.407 e. The Hall–Kier alpha value is -4.82. The Morgan fingerprint density at radius 2 is 1.97 bits per heavy atom. The third-order valence-electron chi connectivity index (χ3n) is 5.08. The quantitative estimate of drug-likeness (QED) is 0.190. The first-order chi connectivity index (χ1) is 16.6. The van der Waals surface area contributed by atoms with Crippen molar-refractivity contribution in [3.8, 4) is 0 Å². The molecule has 0 aliphatic carbocycles. The Labute approximate surface area is 194 Å². The van der Waals surface area contributed by atoms with E-state index in [1.807, 2.05) is 36.4 Å². The van der Waals surface area contributed by atoms with Gasteiger partial charge in [-0.2, -0.15) is 0 Å². The van der Waals surface area contributed by atoms with E-state index in [4.69, 9.17) is 10.3 Å². The summed E-state index contributed by atoms with van der Waals surface area (Å²) in [5.41, 5.74) is 12.5. The van der Waals surface area contributed by atoms with Crippen molar-refractivity contribution in [1.29, 1.82) is 0 Å². The molecule has 10 nitrogen and oxygen atoms in total. The van der Waals surface area contributed by atoms with Crippen LogP contribution in [0.3, 0.4) is 0 Å². The molecule has 0 bridgehead atoms. The van der Waals surface area contributed by atoms with E-state index in [1.165, 1.54) is 6.07 Å². The summed E-state index contributed by atoms with van der Waals surface area (Å²) in [6.07, 6.45) is 3.19. The summed E-state index contributed by atoms with van der Waals surface area (Å²) in [6.45, 7) is 0.447. The number of carbonyl (C=O) groups excluding carboxylic acids is 2. The molecule has 0 aliphatic heterocycles. The second-order valence-corrected chi connectivity index (χ2v) is 7.32. The van der Waals surface area contributed by atoms with Gasteiger partial charge in [0.05, 0.1) is 5.69 Å². The molecule has 3 N–H and O–H groups in total. The number of aromatic nitrogens is 2. The molecule has 0 spiro atoms. The second-order valence-electron chi connectivity index (χ2n) is 7.32. The first kappa shape index (κ1) is 22.4. The first-order valence-electron chi connectivity index (χ1n) is 10.5. The van der Waals surface area contributed by atoms with Gasteiger partial charge in [0.15, 0.2) is 0 Å². The zero-order chi connectivity index (χ0) is 23.8. The summed E-state index contributed by atoms with van der Waals surface area (Å²) in [6, 6.07) is 17.8. The number of ether oxygens (including phenoxy) is 1. The van der Waals surface area contributed by atoms with Crippen molar-refractivity contribution in [2.45, 2.75) is 13.0 Å². The lowest BCUT2D eigenvalue weighted by molar-refractivity contribution is 0.102. The van der Waals surface area contributed by atoms with Crippen LogP contribution in [-0.4, -0.2) is 28.5 Å². The van der Waals surface area contributed by atoms with Gasteiger partial charge in [-0.05, 0) is 47.3 Å². The maximum Gasteiger partial charge on any atom is 0.407 e. The summed E-state index contributed by atoms with van der Waals surface area (Å²) in [7, 11) is 0. The van der Waals surface area contributed by atoms with Gasteiger partial charge in [-0.25, -0.2) is 9.78 Å². The van der Waals surface area contributed by atoms with E-state index in [-0.39, 0.29) is 19.1 Å². The number of azide groups is 1. The summed E-state index contributed by atoms with van der Waals surface area (Å²) in [5, 5.41) is 10.0. The van der Waals surface area contributed by atoms with Crippen LogP contribution >= 0.6 is 0 Å². The number of benzene rings is 2. The molecule has 0 saturated carbocycles. The second kappa shape index (κ2) is 10.7. The highest BCUT2D eigenvalue weighted by atomic mass is 16.5. The lowest BCUT2D eigenvalue weighted by Crippen LogP contribution is -2.26. The number of nitrogens with one attached hydrogen (secondary N) is 3. The van der Waals surface area contributed by atoms with Crippen molar-refractivity contribution < 1.29 is 14.3 Å². The van der Waals surface area contributed by atoms with Crippen molar-refractivity contribution >= 4 is 34.4 Å². The predicted molar refractivity (Wildman–Crippen MR) is 128 cm³/mol. The molecule has 2 amide bonds. The predicted octanol–water partition coefficient (Wildman–Crippen LogP) is 5.23. The average Bonchev–Trinajstić information content (AvgIpc) is 3.34. The number of rotatable bonds is 8. The van der Waals surface area contributed by atoms with Crippen molar-refractivity contribution in [2.75, 3.05) is 11.9 Å². The third kappa shape index (κ3) is 5.50. The number of hydrogen-bond acceptors (Lipinski definition) is 5. The monoisotopic (exact) mass is 455 g/mol. The van der Waals surface area contributed by atoms with E-state index in [9.17, 15) is 9.59 Å². The zero-order valence-corrected chi connectivity index (χ0v) is 18.1. The molecule has 0 aliphatic rings. The number of anilines is 1. The van der Waals surface area contributed by atoms with Crippen molar-refractivity contribution in [1.82, 2.24) is 15.3 Å². The van der Waals surface area contributed by atoms with E-state index in [0.717, 1.165) is 10.9 Å². The molecule has 10 heteroatoms. The Kier molecular flexibility index (Phi) is 7.02. The van der Waals surface area contributed by atoms with Crippen LogP contribution in [0.1, 0.15) is 21.5 Å². The van der Waals surface area contributed by atoms with Crippen LogP contribution in [-0.2, 0) is 17.8 Å². The molecular weight excluding hydrogens is 434 g/mol. The number of nitrogens with zero attached hydrogens (tertiary/aromatic N) is 4. The van der Waals surface area contributed by atoms with Crippen molar-refractivity contribution in [3.63, 3.8) is 0 Å². The Balaban J connectivity index is 1.37. The molecule has 2 heterocycles. The number of H-pyrrole nitrogens is 1. The van der Waals surface area contributed by atoms with Gasteiger partial charge in [-0.15, -0.1) is 0 Å². The number of hydrogen-bond donors (Lipinski definition) is 3. The summed E-state index contributed by atoms with van der Waals surface area (Å²) >= 11 is 0. The SMILES string of the molecule is [N-]=[N+]=Nc1cc(C(=O)Nc2ccnc3[nH]ccc23)ccc1CCNC(=O)OCc1ccccc1. The average molecular weight is 455 g/mol. The zero-order valence-electron chi connectivity index (χ0n) is 18.1. The van der Waals surface area contributed by atoms with Gasteiger partial charge < -0.3 is 20.4 Å². The van der Waals surface area contributed by atoms with E-state index >= 15 is 0 Å². The number of fused-ring (bicyclic) bond motifs is 1. The first-order valence-corrected chi connectivity index (χ1v) is 10.5. The Morgan fingerprint density at radius 3 is 2.79 bits per heavy atom. The minimum atomic E-state index is -0.543. The highest BCUT2D eigenvalue weighted by molar-refractivity contribution is 6.08. The Bertz CT molecular complexity index is 1360. The molecule has 4 rings (SSSR count). The van der Waals surface area contributed by atoms with Gasteiger partial charge in [-0.3, -0.25) is 4.79 Å². The van der Waals surface area contributed by atoms with E-state index in [1.54, 1.807) is 30.6 Å². The normalized spacial score (nSPS) is 10.4. The number of alkyl carbamates (subject to hydrolysis) is 1. The van der Waals surface area contributed by atoms with Crippen LogP contribution in [0, 0.1) is 0 Å². The minimum Gasteiger partial charge on any atom is -0.445 e. The van der Waals surface area contributed by atoms with Gasteiger partial charge in [-0.1, -0.05) is 41.5 Å². The molecule has 4 aromatic rings. The molecule has 0 fully saturated rings. The van der Waals surface area contributed by atoms with Crippen LogP contribution < -0.4 is 10.6 Å². The Morgan fingerprint density at radius 1 is 1.12 bits per heavy atom. The van der Waals surface area contributed by atoms with Crippen molar-refractivity contribution in [3.05, 3.63) is 100 Å². The molecule has 34 heavy (non-hydrogen) atoms. The number of aromatic amines is 1. The minimum absolute atomic E-state index is 0.174. The van der Waals surface area contributed by atoms with Gasteiger partial charge in [0.1, 0.15) is 12.3 Å². The number of carbonyl (C=O) groups is 2. The van der Waals surface area contributed by atoms with Gasteiger partial charge in [0, 0.05) is 40.5 Å². The highest BCUT2D eigenvalue weighted by Crippen LogP contribution is 2.24. The van der Waals surface area contributed by atoms with Crippen LogP contribution in [0.25, 0.3) is 21.5 Å². The third-order valence-corrected chi connectivity index (χ3v) is 5.08. The van der Waals surface area contributed by atoms with E-state index in [0.29, 0.717) is 34.6 Å². The molecule has 2 aromatic heterocycles. The van der Waals surface area contributed by atoms with E-state index in [2.05, 4.69) is 30.6 Å². The number of amides is 2. The summed E-state index contributed by atoms with van der Waals surface area (Å²) in [5.74, 6) is -0.350. The van der Waals surface area contributed by atoms with Crippen LogP contribution in [0.2, 0.25) is 0 Å². The van der Waals surface area contributed by atoms with Gasteiger partial charge >= 0.3 is 6.09 Å². The lowest BCUT2D eigenvalue weighted by Gasteiger charge is -2.11. The number of pyridine rings is 1. The molecule has 0 saturated heterocycles. The highest BCUT2D eigenvalue weighted by Gasteiger charge is 2.12. The fourth-order valence-electron chi connectivity index (χ4n) is 3.40. The molecule has 0 atom stereocenters. The van der Waals surface area contributed by atoms with Gasteiger partial charge in [0.2, 0.25) is 0 Å². The van der Waals surface area contributed by atoms with Crippen molar-refractivity contribution in [2.24, 2.45) is 5.11 Å². The molecular formula is C24H21N7O3. The molecule has 0 radical (unpaired) electrons. The summed E-state index contributed by atoms with van der Waals surface area (Å²) < 4.78 is 5.18. The maximum absolute atomic E-state index is 12.8. The van der Waals surface area contributed by atoms with Crippen LogP contribution in [0.5, 0.6) is 0 Å².